The second kappa shape index (κ2) is 6.95. The summed E-state index contributed by atoms with van der Waals surface area (Å²) in [5.74, 6) is -0.250. The van der Waals surface area contributed by atoms with Gasteiger partial charge in [-0.1, -0.05) is 25.0 Å². The summed E-state index contributed by atoms with van der Waals surface area (Å²) < 4.78 is 28.5. The van der Waals surface area contributed by atoms with Crippen molar-refractivity contribution in [1.82, 2.24) is 4.98 Å². The van der Waals surface area contributed by atoms with Crippen LogP contribution in [0.2, 0.25) is 0 Å². The van der Waals surface area contributed by atoms with E-state index in [0.29, 0.717) is 18.7 Å². The van der Waals surface area contributed by atoms with Gasteiger partial charge in [0.15, 0.2) is 5.96 Å². The zero-order valence-corrected chi connectivity index (χ0v) is 13.3. The Hall–Kier alpha value is -2.50. The molecule has 1 heterocycles. The van der Waals surface area contributed by atoms with Gasteiger partial charge in [-0.05, 0) is 37.1 Å². The molecule has 126 valence electrons. The summed E-state index contributed by atoms with van der Waals surface area (Å²) in [6.07, 6.45) is 4.90. The van der Waals surface area contributed by atoms with E-state index in [1.807, 2.05) is 6.07 Å². The van der Waals surface area contributed by atoms with Gasteiger partial charge >= 0.3 is 0 Å². The van der Waals surface area contributed by atoms with E-state index in [-0.39, 0.29) is 18.1 Å². The van der Waals surface area contributed by atoms with Crippen LogP contribution in [0.1, 0.15) is 31.2 Å². The number of hydrogen-bond donors (Lipinski definition) is 2. The molecule has 2 aromatic rings. The third kappa shape index (κ3) is 3.37. The van der Waals surface area contributed by atoms with Gasteiger partial charge in [0.2, 0.25) is 0 Å². The molecule has 1 fully saturated rings. The molecule has 1 aliphatic carbocycles. The first-order valence-corrected chi connectivity index (χ1v) is 8.03. The molecule has 0 saturated heterocycles. The van der Waals surface area contributed by atoms with Crippen molar-refractivity contribution in [3.63, 3.8) is 0 Å². The van der Waals surface area contributed by atoms with Gasteiger partial charge in [-0.25, -0.2) is 13.8 Å². The number of anilines is 1. The quantitative estimate of drug-likeness (QED) is 0.665. The fourth-order valence-electron chi connectivity index (χ4n) is 3.39. The van der Waals surface area contributed by atoms with Gasteiger partial charge in [0.1, 0.15) is 17.5 Å². The van der Waals surface area contributed by atoms with E-state index in [4.69, 9.17) is 5.73 Å². The lowest BCUT2D eigenvalue weighted by Crippen LogP contribution is -2.32. The van der Waals surface area contributed by atoms with Crippen LogP contribution in [0.3, 0.4) is 0 Å². The summed E-state index contributed by atoms with van der Waals surface area (Å²) in [4.78, 5) is 8.45. The maximum absolute atomic E-state index is 14.3. The standard InChI is InChI=1S/C18H20F2N4/c19-13-6-5-7-14(20)16(13)18(9-2-3-10-18)12-23-17(21)24-15-8-1-4-11-22-15/h1,4-8,11H,2-3,9-10,12H2,(H3,21,22,23,24). The topological polar surface area (TPSA) is 63.3 Å². The average molecular weight is 330 g/mol. The van der Waals surface area contributed by atoms with E-state index in [1.54, 1.807) is 18.3 Å². The predicted molar refractivity (Wildman–Crippen MR) is 90.9 cm³/mol. The van der Waals surface area contributed by atoms with Gasteiger partial charge < -0.3 is 11.1 Å². The summed E-state index contributed by atoms with van der Waals surface area (Å²) >= 11 is 0. The minimum Gasteiger partial charge on any atom is -0.370 e. The van der Waals surface area contributed by atoms with Crippen LogP contribution in [-0.2, 0) is 5.41 Å². The molecule has 6 heteroatoms. The van der Waals surface area contributed by atoms with Crippen LogP contribution < -0.4 is 11.1 Å². The van der Waals surface area contributed by atoms with Crippen LogP contribution in [0, 0.1) is 11.6 Å². The molecule has 3 rings (SSSR count). The fraction of sp³-hybridized carbons (Fsp3) is 0.333. The second-order valence-electron chi connectivity index (χ2n) is 6.13. The van der Waals surface area contributed by atoms with E-state index in [9.17, 15) is 8.78 Å². The molecule has 1 aromatic heterocycles. The molecule has 3 N–H and O–H groups in total. The first-order chi connectivity index (χ1) is 11.6. The Morgan fingerprint density at radius 3 is 2.46 bits per heavy atom. The SMILES string of the molecule is NC(=NCC1(c2c(F)cccc2F)CCCC1)Nc1ccccn1. The first-order valence-electron chi connectivity index (χ1n) is 8.03. The van der Waals surface area contributed by atoms with Crippen molar-refractivity contribution in [1.29, 1.82) is 0 Å². The summed E-state index contributed by atoms with van der Waals surface area (Å²) in [6.45, 7) is 0.247. The van der Waals surface area contributed by atoms with E-state index in [0.717, 1.165) is 12.8 Å². The van der Waals surface area contributed by atoms with E-state index >= 15 is 0 Å². The number of nitrogens with one attached hydrogen (secondary N) is 1. The number of benzene rings is 1. The van der Waals surface area contributed by atoms with Crippen molar-refractivity contribution in [2.75, 3.05) is 11.9 Å². The van der Waals surface area contributed by atoms with Crippen LogP contribution in [0.15, 0.2) is 47.6 Å². The van der Waals surface area contributed by atoms with Crippen LogP contribution in [0.5, 0.6) is 0 Å². The number of pyridine rings is 1. The Labute approximate surface area is 139 Å². The van der Waals surface area contributed by atoms with Crippen molar-refractivity contribution in [3.05, 3.63) is 59.8 Å². The predicted octanol–water partition coefficient (Wildman–Crippen LogP) is 3.60. The molecule has 0 spiro atoms. The smallest absolute Gasteiger partial charge is 0.194 e. The maximum atomic E-state index is 14.3. The zero-order chi connectivity index (χ0) is 17.0. The molecular weight excluding hydrogens is 310 g/mol. The molecule has 0 amide bonds. The Bertz CT molecular complexity index is 705. The molecule has 0 bridgehead atoms. The van der Waals surface area contributed by atoms with Crippen LogP contribution >= 0.6 is 0 Å². The van der Waals surface area contributed by atoms with E-state index < -0.39 is 17.0 Å². The monoisotopic (exact) mass is 330 g/mol. The lowest BCUT2D eigenvalue weighted by Gasteiger charge is -2.28. The number of aromatic nitrogens is 1. The van der Waals surface area contributed by atoms with Crippen molar-refractivity contribution in [2.45, 2.75) is 31.1 Å². The van der Waals surface area contributed by atoms with Gasteiger partial charge in [0.05, 0.1) is 6.54 Å². The lowest BCUT2D eigenvalue weighted by molar-refractivity contribution is 0.401. The van der Waals surface area contributed by atoms with E-state index in [2.05, 4.69) is 15.3 Å². The van der Waals surface area contributed by atoms with Crippen LogP contribution in [0.4, 0.5) is 14.6 Å². The number of aliphatic imine (C=N–C) groups is 1. The van der Waals surface area contributed by atoms with Crippen molar-refractivity contribution in [2.24, 2.45) is 10.7 Å². The summed E-state index contributed by atoms with van der Waals surface area (Å²) in [5, 5.41) is 2.89. The fourth-order valence-corrected chi connectivity index (χ4v) is 3.39. The highest BCUT2D eigenvalue weighted by atomic mass is 19.1. The van der Waals surface area contributed by atoms with Gasteiger partial charge in [0, 0.05) is 17.2 Å². The van der Waals surface area contributed by atoms with Gasteiger partial charge in [-0.2, -0.15) is 0 Å². The zero-order valence-electron chi connectivity index (χ0n) is 13.3. The molecule has 0 atom stereocenters. The van der Waals surface area contributed by atoms with E-state index in [1.165, 1.54) is 18.2 Å². The Morgan fingerprint density at radius 2 is 1.83 bits per heavy atom. The number of guanidine groups is 1. The lowest BCUT2D eigenvalue weighted by atomic mass is 9.78. The highest BCUT2D eigenvalue weighted by Gasteiger charge is 2.39. The Balaban J connectivity index is 1.83. The molecule has 24 heavy (non-hydrogen) atoms. The summed E-state index contributed by atoms with van der Waals surface area (Å²) in [5.41, 5.74) is 5.41. The molecule has 1 aromatic carbocycles. The highest BCUT2D eigenvalue weighted by molar-refractivity contribution is 5.91. The largest absolute Gasteiger partial charge is 0.370 e. The summed E-state index contributed by atoms with van der Waals surface area (Å²) in [7, 11) is 0. The highest BCUT2D eigenvalue weighted by Crippen LogP contribution is 2.43. The Morgan fingerprint density at radius 1 is 1.12 bits per heavy atom. The minimum absolute atomic E-state index is 0.136. The third-order valence-electron chi connectivity index (χ3n) is 4.53. The normalized spacial score (nSPS) is 17.0. The summed E-state index contributed by atoms with van der Waals surface area (Å²) in [6, 6.07) is 9.39. The third-order valence-corrected chi connectivity index (χ3v) is 4.53. The number of nitrogens with zero attached hydrogens (tertiary/aromatic N) is 2. The van der Waals surface area contributed by atoms with Crippen molar-refractivity contribution in [3.8, 4) is 0 Å². The number of rotatable bonds is 4. The molecule has 0 aliphatic heterocycles. The molecule has 1 aliphatic rings. The van der Waals surface area contributed by atoms with Crippen LogP contribution in [0.25, 0.3) is 0 Å². The number of hydrogen-bond acceptors (Lipinski definition) is 2. The van der Waals surface area contributed by atoms with Gasteiger partial charge in [-0.15, -0.1) is 0 Å². The molecule has 0 radical (unpaired) electrons. The maximum Gasteiger partial charge on any atom is 0.194 e. The van der Waals surface area contributed by atoms with Gasteiger partial charge in [0.25, 0.3) is 0 Å². The first kappa shape index (κ1) is 16.4. The van der Waals surface area contributed by atoms with Crippen molar-refractivity contribution < 1.29 is 8.78 Å². The average Bonchev–Trinajstić information content (AvgIpc) is 3.04. The second-order valence-corrected chi connectivity index (χ2v) is 6.13. The molecule has 4 nitrogen and oxygen atoms in total. The van der Waals surface area contributed by atoms with Gasteiger partial charge in [-0.3, -0.25) is 4.99 Å². The minimum atomic E-state index is -0.633. The Kier molecular flexibility index (Phi) is 4.74. The molecular formula is C18H20F2N4. The van der Waals surface area contributed by atoms with Crippen molar-refractivity contribution >= 4 is 11.8 Å². The number of halogens is 2. The van der Waals surface area contributed by atoms with Crippen LogP contribution in [-0.4, -0.2) is 17.5 Å². The molecule has 1 saturated carbocycles. The number of nitrogens with two attached hydrogens (primary N) is 1. The molecule has 0 unspecified atom stereocenters.